The normalized spacial score (nSPS) is 14.2. The molecule has 130 valence electrons. The van der Waals surface area contributed by atoms with Gasteiger partial charge in [-0.1, -0.05) is 6.07 Å². The van der Waals surface area contributed by atoms with Gasteiger partial charge >= 0.3 is 0 Å². The topological polar surface area (TPSA) is 87.4 Å². The highest BCUT2D eigenvalue weighted by Crippen LogP contribution is 2.19. The predicted molar refractivity (Wildman–Crippen MR) is 94.7 cm³/mol. The Labute approximate surface area is 142 Å². The zero-order valence-corrected chi connectivity index (χ0v) is 14.5. The lowest BCUT2D eigenvalue weighted by atomic mass is 10.0. The third kappa shape index (κ3) is 5.34. The number of aromatic nitrogens is 3. The minimum atomic E-state index is -1.06. The zero-order chi connectivity index (χ0) is 17.4. The molecule has 0 aliphatic carbocycles. The number of hydrogen-bond donors (Lipinski definition) is 3. The molecule has 0 radical (unpaired) electrons. The van der Waals surface area contributed by atoms with Crippen molar-refractivity contribution in [3.63, 3.8) is 0 Å². The number of aryl methyl sites for hydroxylation is 1. The minimum absolute atomic E-state index is 0.251. The summed E-state index contributed by atoms with van der Waals surface area (Å²) < 4.78 is 1.67. The van der Waals surface area contributed by atoms with Gasteiger partial charge in [-0.05, 0) is 31.9 Å². The highest BCUT2D eigenvalue weighted by molar-refractivity contribution is 5.79. The SMILES string of the molecule is CCNC(=NCC(C)(O)c1cnn(C)c1)NCCc1cccnc1. The second kappa shape index (κ2) is 8.44. The van der Waals surface area contributed by atoms with Gasteiger partial charge in [0.1, 0.15) is 5.60 Å². The fourth-order valence-corrected chi connectivity index (χ4v) is 2.24. The van der Waals surface area contributed by atoms with Gasteiger partial charge in [0, 0.05) is 44.3 Å². The highest BCUT2D eigenvalue weighted by atomic mass is 16.3. The highest BCUT2D eigenvalue weighted by Gasteiger charge is 2.24. The van der Waals surface area contributed by atoms with Gasteiger partial charge in [-0.15, -0.1) is 0 Å². The Bertz CT molecular complexity index is 650. The number of hydrogen-bond acceptors (Lipinski definition) is 4. The summed E-state index contributed by atoms with van der Waals surface area (Å²) in [5.74, 6) is 0.686. The van der Waals surface area contributed by atoms with Crippen LogP contribution in [0.1, 0.15) is 25.0 Å². The van der Waals surface area contributed by atoms with E-state index in [1.54, 1.807) is 30.2 Å². The molecule has 0 saturated carbocycles. The molecule has 2 rings (SSSR count). The molecule has 0 aliphatic heterocycles. The molecule has 24 heavy (non-hydrogen) atoms. The maximum absolute atomic E-state index is 10.6. The van der Waals surface area contributed by atoms with Crippen molar-refractivity contribution in [3.8, 4) is 0 Å². The summed E-state index contributed by atoms with van der Waals surface area (Å²) in [7, 11) is 1.83. The smallest absolute Gasteiger partial charge is 0.191 e. The number of nitrogens with zero attached hydrogens (tertiary/aromatic N) is 4. The van der Waals surface area contributed by atoms with Crippen molar-refractivity contribution in [2.45, 2.75) is 25.9 Å². The lowest BCUT2D eigenvalue weighted by molar-refractivity contribution is 0.0672. The van der Waals surface area contributed by atoms with Gasteiger partial charge in [0.15, 0.2) is 5.96 Å². The molecular weight excluding hydrogens is 304 g/mol. The standard InChI is InChI=1S/C17H26N6O/c1-4-19-16(20-9-7-14-6-5-8-18-10-14)21-13-17(2,24)15-11-22-23(3)12-15/h5-6,8,10-12,24H,4,7,9,13H2,1-3H3,(H2,19,20,21). The van der Waals surface area contributed by atoms with Crippen molar-refractivity contribution >= 4 is 5.96 Å². The molecule has 1 atom stereocenters. The van der Waals surface area contributed by atoms with Crippen LogP contribution in [0.5, 0.6) is 0 Å². The molecule has 7 nitrogen and oxygen atoms in total. The van der Waals surface area contributed by atoms with E-state index in [0.717, 1.165) is 25.1 Å². The van der Waals surface area contributed by atoms with Crippen molar-refractivity contribution in [1.29, 1.82) is 0 Å². The molecular formula is C17H26N6O. The molecule has 0 spiro atoms. The second-order valence-corrected chi connectivity index (χ2v) is 5.91. The average molecular weight is 330 g/mol. The van der Waals surface area contributed by atoms with Gasteiger partial charge in [0.05, 0.1) is 12.7 Å². The summed E-state index contributed by atoms with van der Waals surface area (Å²) in [6, 6.07) is 3.98. The van der Waals surface area contributed by atoms with Crippen LogP contribution in [0.15, 0.2) is 41.9 Å². The van der Waals surface area contributed by atoms with E-state index in [9.17, 15) is 5.11 Å². The number of rotatable bonds is 7. The first kappa shape index (κ1) is 17.9. The molecule has 0 aliphatic rings. The Morgan fingerprint density at radius 3 is 2.83 bits per heavy atom. The number of aliphatic imine (C=N–C) groups is 1. The Kier molecular flexibility index (Phi) is 6.31. The van der Waals surface area contributed by atoms with Gasteiger partial charge in [0.2, 0.25) is 0 Å². The van der Waals surface area contributed by atoms with Crippen LogP contribution >= 0.6 is 0 Å². The summed E-state index contributed by atoms with van der Waals surface area (Å²) in [4.78, 5) is 8.60. The van der Waals surface area contributed by atoms with E-state index < -0.39 is 5.60 Å². The van der Waals surface area contributed by atoms with E-state index in [1.807, 2.05) is 32.3 Å². The Balaban J connectivity index is 1.92. The van der Waals surface area contributed by atoms with Gasteiger partial charge in [-0.25, -0.2) is 4.99 Å². The van der Waals surface area contributed by atoms with E-state index in [4.69, 9.17) is 0 Å². The second-order valence-electron chi connectivity index (χ2n) is 5.91. The summed E-state index contributed by atoms with van der Waals surface area (Å²) >= 11 is 0. The van der Waals surface area contributed by atoms with Crippen LogP contribution in [0.4, 0.5) is 0 Å². The van der Waals surface area contributed by atoms with Crippen molar-refractivity contribution in [3.05, 3.63) is 48.0 Å². The van der Waals surface area contributed by atoms with Crippen LogP contribution in [0, 0.1) is 0 Å². The summed E-state index contributed by atoms with van der Waals surface area (Å²) in [6.45, 7) is 5.51. The molecule has 2 heterocycles. The first-order valence-corrected chi connectivity index (χ1v) is 8.14. The molecule has 3 N–H and O–H groups in total. The fourth-order valence-electron chi connectivity index (χ4n) is 2.24. The van der Waals surface area contributed by atoms with Crippen molar-refractivity contribution in [2.75, 3.05) is 19.6 Å². The van der Waals surface area contributed by atoms with Gasteiger partial charge in [-0.3, -0.25) is 9.67 Å². The first-order chi connectivity index (χ1) is 11.5. The van der Waals surface area contributed by atoms with Crippen LogP contribution in [0.2, 0.25) is 0 Å². The third-order valence-corrected chi connectivity index (χ3v) is 3.64. The molecule has 1 unspecified atom stereocenters. The minimum Gasteiger partial charge on any atom is -0.383 e. The Hall–Kier alpha value is -2.41. The van der Waals surface area contributed by atoms with Crippen molar-refractivity contribution < 1.29 is 5.11 Å². The van der Waals surface area contributed by atoms with Crippen molar-refractivity contribution in [2.24, 2.45) is 12.0 Å². The third-order valence-electron chi connectivity index (χ3n) is 3.64. The molecule has 0 saturated heterocycles. The van der Waals surface area contributed by atoms with Gasteiger partial charge in [0.25, 0.3) is 0 Å². The quantitative estimate of drug-likeness (QED) is 0.517. The van der Waals surface area contributed by atoms with E-state index in [2.05, 4.69) is 25.7 Å². The van der Waals surface area contributed by atoms with Crippen LogP contribution in [0.3, 0.4) is 0 Å². The Morgan fingerprint density at radius 2 is 2.21 bits per heavy atom. The number of guanidine groups is 1. The monoisotopic (exact) mass is 330 g/mol. The predicted octanol–water partition coefficient (Wildman–Crippen LogP) is 0.820. The van der Waals surface area contributed by atoms with Gasteiger partial charge < -0.3 is 15.7 Å². The first-order valence-electron chi connectivity index (χ1n) is 8.14. The van der Waals surface area contributed by atoms with E-state index in [0.29, 0.717) is 5.96 Å². The van der Waals surface area contributed by atoms with E-state index in [1.165, 1.54) is 5.56 Å². The zero-order valence-electron chi connectivity index (χ0n) is 14.5. The number of nitrogens with one attached hydrogen (secondary N) is 2. The van der Waals surface area contributed by atoms with Crippen LogP contribution in [-0.2, 0) is 19.1 Å². The lowest BCUT2D eigenvalue weighted by Gasteiger charge is -2.20. The molecule has 0 fully saturated rings. The maximum atomic E-state index is 10.6. The van der Waals surface area contributed by atoms with Crippen molar-refractivity contribution in [1.82, 2.24) is 25.4 Å². The Morgan fingerprint density at radius 1 is 1.38 bits per heavy atom. The molecule has 0 bridgehead atoms. The largest absolute Gasteiger partial charge is 0.383 e. The lowest BCUT2D eigenvalue weighted by Crippen LogP contribution is -2.39. The number of aliphatic hydroxyl groups is 1. The van der Waals surface area contributed by atoms with Crippen LogP contribution in [-0.4, -0.2) is 45.5 Å². The number of pyridine rings is 1. The maximum Gasteiger partial charge on any atom is 0.191 e. The van der Waals surface area contributed by atoms with Gasteiger partial charge in [-0.2, -0.15) is 5.10 Å². The van der Waals surface area contributed by atoms with E-state index >= 15 is 0 Å². The van der Waals surface area contributed by atoms with Crippen LogP contribution < -0.4 is 10.6 Å². The molecule has 7 heteroatoms. The van der Waals surface area contributed by atoms with Crippen LogP contribution in [0.25, 0.3) is 0 Å². The molecule has 2 aromatic heterocycles. The average Bonchev–Trinajstić information content (AvgIpc) is 3.01. The molecule has 0 aromatic carbocycles. The summed E-state index contributed by atoms with van der Waals surface area (Å²) in [5, 5.41) is 21.2. The molecule has 2 aromatic rings. The molecule has 0 amide bonds. The fraction of sp³-hybridized carbons (Fsp3) is 0.471. The summed E-state index contributed by atoms with van der Waals surface area (Å²) in [5.41, 5.74) is 0.864. The van der Waals surface area contributed by atoms with E-state index in [-0.39, 0.29) is 6.54 Å². The summed E-state index contributed by atoms with van der Waals surface area (Å²) in [6.07, 6.45) is 7.95.